The summed E-state index contributed by atoms with van der Waals surface area (Å²) in [6.07, 6.45) is 1.21. The molecule has 0 amide bonds. The maximum Gasteiger partial charge on any atom is 0.125 e. The van der Waals surface area contributed by atoms with Crippen LogP contribution in [-0.4, -0.2) is 6.10 Å². The van der Waals surface area contributed by atoms with Crippen molar-refractivity contribution in [1.82, 2.24) is 0 Å². The minimum absolute atomic E-state index is 0.184. The summed E-state index contributed by atoms with van der Waals surface area (Å²) >= 11 is 6.06. The second-order valence-corrected chi connectivity index (χ2v) is 4.89. The predicted molar refractivity (Wildman–Crippen MR) is 68.9 cm³/mol. The van der Waals surface area contributed by atoms with Gasteiger partial charge in [0.2, 0.25) is 0 Å². The fraction of sp³-hybridized carbons (Fsp3) is 0.538. The van der Waals surface area contributed by atoms with Gasteiger partial charge in [0.1, 0.15) is 5.75 Å². The number of rotatable bonds is 5. The molecule has 0 fully saturated rings. The molecule has 3 heteroatoms. The smallest absolute Gasteiger partial charge is 0.125 e. The lowest BCUT2D eigenvalue weighted by Crippen LogP contribution is -2.16. The Balaban J connectivity index is 2.76. The number of benzene rings is 1. The van der Waals surface area contributed by atoms with Crippen LogP contribution in [0.15, 0.2) is 18.2 Å². The van der Waals surface area contributed by atoms with Crippen molar-refractivity contribution in [2.24, 2.45) is 11.7 Å². The molecule has 0 aliphatic rings. The van der Waals surface area contributed by atoms with Crippen LogP contribution in [0.5, 0.6) is 5.75 Å². The van der Waals surface area contributed by atoms with Gasteiger partial charge in [-0.15, -0.1) is 0 Å². The van der Waals surface area contributed by atoms with Gasteiger partial charge in [0, 0.05) is 17.1 Å². The lowest BCUT2D eigenvalue weighted by Gasteiger charge is -2.19. The third kappa shape index (κ3) is 3.69. The van der Waals surface area contributed by atoms with E-state index in [0.717, 1.165) is 17.7 Å². The van der Waals surface area contributed by atoms with Crippen LogP contribution in [0.2, 0.25) is 5.02 Å². The first-order valence-electron chi connectivity index (χ1n) is 5.68. The Kier molecular flexibility index (Phi) is 5.10. The molecule has 0 radical (unpaired) electrons. The van der Waals surface area contributed by atoms with Crippen LogP contribution in [0.25, 0.3) is 0 Å². The summed E-state index contributed by atoms with van der Waals surface area (Å²) in [6.45, 7) is 6.84. The molecule has 0 bridgehead atoms. The molecule has 0 saturated heterocycles. The SMILES string of the molecule is CC(C)CC(C)Oc1cccc(Cl)c1CN. The number of hydrogen-bond donors (Lipinski definition) is 1. The molecule has 90 valence electrons. The first-order valence-corrected chi connectivity index (χ1v) is 6.06. The lowest BCUT2D eigenvalue weighted by atomic mass is 10.1. The van der Waals surface area contributed by atoms with Crippen LogP contribution in [0.4, 0.5) is 0 Å². The summed E-state index contributed by atoms with van der Waals surface area (Å²) < 4.78 is 5.86. The van der Waals surface area contributed by atoms with Gasteiger partial charge in [-0.3, -0.25) is 0 Å². The molecule has 1 unspecified atom stereocenters. The third-order valence-electron chi connectivity index (χ3n) is 2.41. The molecule has 1 atom stereocenters. The molecular weight excluding hydrogens is 222 g/mol. The van der Waals surface area contributed by atoms with E-state index in [0.29, 0.717) is 17.5 Å². The highest BCUT2D eigenvalue weighted by atomic mass is 35.5. The maximum absolute atomic E-state index is 6.06. The number of nitrogens with two attached hydrogens (primary N) is 1. The van der Waals surface area contributed by atoms with Gasteiger partial charge in [-0.2, -0.15) is 0 Å². The van der Waals surface area contributed by atoms with Crippen molar-refractivity contribution in [3.63, 3.8) is 0 Å². The molecule has 0 spiro atoms. The lowest BCUT2D eigenvalue weighted by molar-refractivity contribution is 0.191. The van der Waals surface area contributed by atoms with E-state index in [1.807, 2.05) is 18.2 Å². The van der Waals surface area contributed by atoms with Gasteiger partial charge in [-0.25, -0.2) is 0 Å². The molecule has 0 aliphatic heterocycles. The van der Waals surface area contributed by atoms with Gasteiger partial charge in [0.25, 0.3) is 0 Å². The van der Waals surface area contributed by atoms with E-state index in [-0.39, 0.29) is 6.10 Å². The van der Waals surface area contributed by atoms with E-state index in [9.17, 15) is 0 Å². The fourth-order valence-electron chi connectivity index (χ4n) is 1.78. The highest BCUT2D eigenvalue weighted by Gasteiger charge is 2.11. The van der Waals surface area contributed by atoms with Crippen LogP contribution < -0.4 is 10.5 Å². The van der Waals surface area contributed by atoms with Crippen molar-refractivity contribution in [3.8, 4) is 5.75 Å². The molecule has 0 heterocycles. The van der Waals surface area contributed by atoms with Crippen LogP contribution >= 0.6 is 11.6 Å². The molecule has 1 rings (SSSR count). The summed E-state index contributed by atoms with van der Waals surface area (Å²) in [7, 11) is 0. The summed E-state index contributed by atoms with van der Waals surface area (Å²) in [6, 6.07) is 5.65. The minimum atomic E-state index is 0.184. The van der Waals surface area contributed by atoms with Crippen LogP contribution in [0, 0.1) is 5.92 Å². The van der Waals surface area contributed by atoms with Gasteiger partial charge >= 0.3 is 0 Å². The zero-order chi connectivity index (χ0) is 12.1. The highest BCUT2D eigenvalue weighted by molar-refractivity contribution is 6.31. The van der Waals surface area contributed by atoms with Gasteiger partial charge in [-0.1, -0.05) is 31.5 Å². The molecule has 0 aromatic heterocycles. The summed E-state index contributed by atoms with van der Waals surface area (Å²) in [5.74, 6) is 1.43. The Labute approximate surface area is 103 Å². The van der Waals surface area contributed by atoms with Crippen molar-refractivity contribution in [3.05, 3.63) is 28.8 Å². The minimum Gasteiger partial charge on any atom is -0.490 e. The topological polar surface area (TPSA) is 35.2 Å². The zero-order valence-corrected chi connectivity index (χ0v) is 10.9. The second-order valence-electron chi connectivity index (χ2n) is 4.48. The number of hydrogen-bond acceptors (Lipinski definition) is 2. The number of ether oxygens (including phenoxy) is 1. The van der Waals surface area contributed by atoms with Crippen LogP contribution in [0.1, 0.15) is 32.8 Å². The summed E-state index contributed by atoms with van der Waals surface area (Å²) in [5, 5.41) is 0.678. The molecule has 1 aromatic rings. The number of halogens is 1. The Morgan fingerprint density at radius 3 is 2.56 bits per heavy atom. The summed E-state index contributed by atoms with van der Waals surface area (Å²) in [5.41, 5.74) is 6.55. The first-order chi connectivity index (χ1) is 7.54. The molecular formula is C13H20ClNO. The van der Waals surface area contributed by atoms with Crippen molar-refractivity contribution < 1.29 is 4.74 Å². The maximum atomic E-state index is 6.06. The fourth-order valence-corrected chi connectivity index (χ4v) is 2.02. The Morgan fingerprint density at radius 1 is 1.31 bits per heavy atom. The average molecular weight is 242 g/mol. The van der Waals surface area contributed by atoms with Gasteiger partial charge in [0.15, 0.2) is 0 Å². The van der Waals surface area contributed by atoms with Crippen molar-refractivity contribution in [1.29, 1.82) is 0 Å². The molecule has 2 N–H and O–H groups in total. The zero-order valence-electron chi connectivity index (χ0n) is 10.2. The Morgan fingerprint density at radius 2 is 2.00 bits per heavy atom. The molecule has 2 nitrogen and oxygen atoms in total. The first kappa shape index (κ1) is 13.3. The largest absolute Gasteiger partial charge is 0.490 e. The third-order valence-corrected chi connectivity index (χ3v) is 2.77. The molecule has 16 heavy (non-hydrogen) atoms. The van der Waals surface area contributed by atoms with Crippen molar-refractivity contribution in [2.45, 2.75) is 39.8 Å². The Hall–Kier alpha value is -0.730. The van der Waals surface area contributed by atoms with E-state index in [2.05, 4.69) is 20.8 Å². The molecule has 0 aliphatic carbocycles. The van der Waals surface area contributed by atoms with Gasteiger partial charge < -0.3 is 10.5 Å². The van der Waals surface area contributed by atoms with Crippen LogP contribution in [0.3, 0.4) is 0 Å². The van der Waals surface area contributed by atoms with Gasteiger partial charge in [0.05, 0.1) is 6.10 Å². The normalized spacial score (nSPS) is 12.9. The standard InChI is InChI=1S/C13H20ClNO/c1-9(2)7-10(3)16-13-6-4-5-12(14)11(13)8-15/h4-6,9-10H,7-8,15H2,1-3H3. The molecule has 0 saturated carbocycles. The van der Waals surface area contributed by atoms with E-state index in [4.69, 9.17) is 22.1 Å². The Bertz CT molecular complexity index is 339. The van der Waals surface area contributed by atoms with E-state index in [1.54, 1.807) is 0 Å². The second kappa shape index (κ2) is 6.12. The van der Waals surface area contributed by atoms with Crippen molar-refractivity contribution in [2.75, 3.05) is 0 Å². The van der Waals surface area contributed by atoms with Gasteiger partial charge in [-0.05, 0) is 31.4 Å². The van der Waals surface area contributed by atoms with Crippen LogP contribution in [-0.2, 0) is 6.54 Å². The van der Waals surface area contributed by atoms with E-state index < -0.39 is 0 Å². The summed E-state index contributed by atoms with van der Waals surface area (Å²) in [4.78, 5) is 0. The predicted octanol–water partition coefficient (Wildman–Crippen LogP) is 3.61. The van der Waals surface area contributed by atoms with Crippen molar-refractivity contribution >= 4 is 11.6 Å². The average Bonchev–Trinajstić information content (AvgIpc) is 2.16. The van der Waals surface area contributed by atoms with E-state index in [1.165, 1.54) is 0 Å². The quantitative estimate of drug-likeness (QED) is 0.855. The van der Waals surface area contributed by atoms with E-state index >= 15 is 0 Å². The monoisotopic (exact) mass is 241 g/mol. The molecule has 1 aromatic carbocycles. The highest BCUT2D eigenvalue weighted by Crippen LogP contribution is 2.27.